The molecule has 0 bridgehead atoms. The summed E-state index contributed by atoms with van der Waals surface area (Å²) in [6.45, 7) is 2.24. The second-order valence-electron chi connectivity index (χ2n) is 8.40. The van der Waals surface area contributed by atoms with Gasteiger partial charge in [-0.1, -0.05) is 11.3 Å². The fourth-order valence-corrected chi connectivity index (χ4v) is 5.74. The highest BCUT2D eigenvalue weighted by Crippen LogP contribution is 2.40. The fraction of sp³-hybridized carbons (Fsp3) is 0.375. The topological polar surface area (TPSA) is 50.7 Å². The molecule has 1 atom stereocenters. The van der Waals surface area contributed by atoms with Crippen molar-refractivity contribution >= 4 is 37.7 Å². The van der Waals surface area contributed by atoms with Crippen molar-refractivity contribution < 1.29 is 4.39 Å². The van der Waals surface area contributed by atoms with Crippen molar-refractivity contribution in [2.45, 2.75) is 51.0 Å². The molecule has 30 heavy (non-hydrogen) atoms. The Kier molecular flexibility index (Phi) is 5.34. The van der Waals surface area contributed by atoms with E-state index >= 15 is 0 Å². The third kappa shape index (κ3) is 4.01. The molecule has 3 aromatic heterocycles. The van der Waals surface area contributed by atoms with Crippen LogP contribution in [0.15, 0.2) is 48.8 Å². The van der Waals surface area contributed by atoms with E-state index in [1.807, 2.05) is 12.3 Å². The van der Waals surface area contributed by atoms with Gasteiger partial charge in [0.2, 0.25) is 0 Å². The first-order chi connectivity index (χ1) is 14.7. The van der Waals surface area contributed by atoms with Crippen LogP contribution in [-0.4, -0.2) is 21.0 Å². The standard InChI is InChI=1S/C24H25FN4S/c1-15(28-24-29-23-22(30-24)3-2-11-27-23)13-16-4-6-17(7-5-16)19-10-12-26-21-9-8-18(25)14-20(19)21/h2-3,8-12,14-17H,4-7,13H2,1H3,(H,27,28,29)/t15?,16-,17+. The van der Waals surface area contributed by atoms with Crippen molar-refractivity contribution in [2.75, 3.05) is 5.32 Å². The SMILES string of the molecule is CC(C[C@H]1CC[C@@H](c2ccnc3ccc(F)cc32)CC1)Nc1nc2ncccc2s1. The molecule has 0 spiro atoms. The third-order valence-electron chi connectivity index (χ3n) is 6.25. The van der Waals surface area contributed by atoms with Gasteiger partial charge in [-0.2, -0.15) is 0 Å². The number of anilines is 1. The highest BCUT2D eigenvalue weighted by molar-refractivity contribution is 7.22. The lowest BCUT2D eigenvalue weighted by Gasteiger charge is -2.31. The number of nitrogens with one attached hydrogen (secondary N) is 1. The third-order valence-corrected chi connectivity index (χ3v) is 7.19. The molecule has 1 fully saturated rings. The molecule has 4 nitrogen and oxygen atoms in total. The summed E-state index contributed by atoms with van der Waals surface area (Å²) in [5.41, 5.74) is 2.96. The summed E-state index contributed by atoms with van der Waals surface area (Å²) in [5, 5.41) is 5.50. The monoisotopic (exact) mass is 420 g/mol. The van der Waals surface area contributed by atoms with E-state index in [-0.39, 0.29) is 5.82 Å². The van der Waals surface area contributed by atoms with Crippen LogP contribution in [0.5, 0.6) is 0 Å². The van der Waals surface area contributed by atoms with Gasteiger partial charge in [-0.25, -0.2) is 14.4 Å². The molecule has 0 radical (unpaired) electrons. The number of aromatic nitrogens is 3. The van der Waals surface area contributed by atoms with E-state index < -0.39 is 0 Å². The van der Waals surface area contributed by atoms with E-state index in [4.69, 9.17) is 0 Å². The molecule has 1 aliphatic rings. The van der Waals surface area contributed by atoms with Gasteiger partial charge in [-0.15, -0.1) is 0 Å². The van der Waals surface area contributed by atoms with Crippen molar-refractivity contribution in [2.24, 2.45) is 5.92 Å². The first-order valence-electron chi connectivity index (χ1n) is 10.7. The molecule has 5 rings (SSSR count). The Balaban J connectivity index is 1.20. The number of benzene rings is 1. The molecule has 6 heteroatoms. The average Bonchev–Trinajstić information content (AvgIpc) is 3.16. The lowest BCUT2D eigenvalue weighted by molar-refractivity contribution is 0.302. The molecular formula is C24H25FN4S. The largest absolute Gasteiger partial charge is 0.359 e. The number of hydrogen-bond donors (Lipinski definition) is 1. The van der Waals surface area contributed by atoms with Gasteiger partial charge in [-0.05, 0) is 92.8 Å². The molecule has 1 unspecified atom stereocenters. The van der Waals surface area contributed by atoms with Gasteiger partial charge in [0.25, 0.3) is 0 Å². The summed E-state index contributed by atoms with van der Waals surface area (Å²) in [6.07, 6.45) is 9.50. The highest BCUT2D eigenvalue weighted by atomic mass is 32.1. The fourth-order valence-electron chi connectivity index (χ4n) is 4.81. The van der Waals surface area contributed by atoms with Gasteiger partial charge in [0.1, 0.15) is 5.82 Å². The minimum atomic E-state index is -0.185. The van der Waals surface area contributed by atoms with E-state index in [0.29, 0.717) is 17.9 Å². The maximum atomic E-state index is 13.8. The van der Waals surface area contributed by atoms with Crippen LogP contribution in [0.4, 0.5) is 9.52 Å². The first-order valence-corrected chi connectivity index (χ1v) is 11.5. The van der Waals surface area contributed by atoms with Crippen molar-refractivity contribution in [1.82, 2.24) is 15.0 Å². The minimum Gasteiger partial charge on any atom is -0.359 e. The van der Waals surface area contributed by atoms with E-state index in [9.17, 15) is 4.39 Å². The summed E-state index contributed by atoms with van der Waals surface area (Å²) < 4.78 is 14.9. The number of halogens is 1. The normalized spacial score (nSPS) is 20.5. The van der Waals surface area contributed by atoms with Crippen LogP contribution in [-0.2, 0) is 0 Å². The predicted molar refractivity (Wildman–Crippen MR) is 122 cm³/mol. The lowest BCUT2D eigenvalue weighted by atomic mass is 9.76. The van der Waals surface area contributed by atoms with E-state index in [0.717, 1.165) is 45.6 Å². The minimum absolute atomic E-state index is 0.185. The van der Waals surface area contributed by atoms with Crippen LogP contribution in [0.2, 0.25) is 0 Å². The summed E-state index contributed by atoms with van der Waals surface area (Å²) in [6, 6.07) is 11.4. The summed E-state index contributed by atoms with van der Waals surface area (Å²) in [7, 11) is 0. The van der Waals surface area contributed by atoms with E-state index in [1.165, 1.54) is 24.5 Å². The molecule has 0 saturated heterocycles. The average molecular weight is 421 g/mol. The lowest BCUT2D eigenvalue weighted by Crippen LogP contribution is -2.22. The Labute approximate surface area is 179 Å². The predicted octanol–water partition coefficient (Wildman–Crippen LogP) is 6.54. The van der Waals surface area contributed by atoms with Crippen LogP contribution in [0, 0.1) is 11.7 Å². The molecule has 1 aromatic carbocycles. The number of rotatable bonds is 5. The van der Waals surface area contributed by atoms with E-state index in [2.05, 4.69) is 39.3 Å². The number of pyridine rings is 2. The Morgan fingerprint density at radius 3 is 2.80 bits per heavy atom. The summed E-state index contributed by atoms with van der Waals surface area (Å²) >= 11 is 1.67. The molecule has 0 amide bonds. The van der Waals surface area contributed by atoms with Crippen LogP contribution in [0.1, 0.15) is 50.5 Å². The number of nitrogens with zero attached hydrogens (tertiary/aromatic N) is 3. The maximum Gasteiger partial charge on any atom is 0.185 e. The molecule has 1 aliphatic carbocycles. The Morgan fingerprint density at radius 2 is 1.97 bits per heavy atom. The second-order valence-corrected chi connectivity index (χ2v) is 9.44. The smallest absolute Gasteiger partial charge is 0.185 e. The van der Waals surface area contributed by atoms with Crippen molar-refractivity contribution in [3.8, 4) is 0 Å². The van der Waals surface area contributed by atoms with Crippen LogP contribution >= 0.6 is 11.3 Å². The van der Waals surface area contributed by atoms with Gasteiger partial charge >= 0.3 is 0 Å². The Bertz CT molecular complexity index is 1130. The number of hydrogen-bond acceptors (Lipinski definition) is 5. The maximum absolute atomic E-state index is 13.8. The molecule has 0 aliphatic heterocycles. The van der Waals surface area contributed by atoms with Crippen LogP contribution in [0.25, 0.3) is 21.3 Å². The van der Waals surface area contributed by atoms with Crippen LogP contribution < -0.4 is 5.32 Å². The van der Waals surface area contributed by atoms with Crippen molar-refractivity contribution in [3.63, 3.8) is 0 Å². The van der Waals surface area contributed by atoms with E-state index in [1.54, 1.807) is 29.7 Å². The molecule has 4 aromatic rings. The van der Waals surface area contributed by atoms with Gasteiger partial charge in [0, 0.05) is 23.8 Å². The summed E-state index contributed by atoms with van der Waals surface area (Å²) in [5.74, 6) is 1.02. The second kappa shape index (κ2) is 8.26. The van der Waals surface area contributed by atoms with Crippen molar-refractivity contribution in [1.29, 1.82) is 0 Å². The zero-order valence-corrected chi connectivity index (χ0v) is 17.8. The quantitative estimate of drug-likeness (QED) is 0.398. The molecule has 3 heterocycles. The Hall–Kier alpha value is -2.60. The van der Waals surface area contributed by atoms with Crippen LogP contribution in [0.3, 0.4) is 0 Å². The molecule has 1 N–H and O–H groups in total. The molecular weight excluding hydrogens is 395 g/mol. The van der Waals surface area contributed by atoms with Gasteiger partial charge < -0.3 is 5.32 Å². The zero-order chi connectivity index (χ0) is 20.5. The van der Waals surface area contributed by atoms with Gasteiger partial charge in [0.15, 0.2) is 10.8 Å². The Morgan fingerprint density at radius 1 is 1.10 bits per heavy atom. The molecule has 1 saturated carbocycles. The first kappa shape index (κ1) is 19.4. The molecule has 154 valence electrons. The highest BCUT2D eigenvalue weighted by Gasteiger charge is 2.25. The zero-order valence-electron chi connectivity index (χ0n) is 17.0. The number of thiazole rings is 1. The van der Waals surface area contributed by atoms with Gasteiger partial charge in [0.05, 0.1) is 10.2 Å². The number of fused-ring (bicyclic) bond motifs is 2. The van der Waals surface area contributed by atoms with Gasteiger partial charge in [-0.3, -0.25) is 4.98 Å². The summed E-state index contributed by atoms with van der Waals surface area (Å²) in [4.78, 5) is 13.3. The van der Waals surface area contributed by atoms with Crippen molar-refractivity contribution in [3.05, 3.63) is 60.2 Å².